The van der Waals surface area contributed by atoms with Crippen molar-refractivity contribution in [1.29, 1.82) is 0 Å². The third-order valence-electron chi connectivity index (χ3n) is 8.91. The van der Waals surface area contributed by atoms with Crippen LogP contribution in [0.3, 0.4) is 0 Å². The largest absolute Gasteiger partial charge is 0.465 e. The number of hydrogen-bond donors (Lipinski definition) is 3. The average Bonchev–Trinajstić information content (AvgIpc) is 3.33. The van der Waals surface area contributed by atoms with Crippen LogP contribution in [-0.2, 0) is 17.8 Å². The van der Waals surface area contributed by atoms with Crippen molar-refractivity contribution in [3.63, 3.8) is 0 Å². The van der Waals surface area contributed by atoms with Crippen LogP contribution in [0.15, 0.2) is 46.9 Å². The van der Waals surface area contributed by atoms with Crippen LogP contribution in [0, 0.1) is 23.2 Å². The molecule has 2 heterocycles. The molecule has 3 N–H and O–H groups in total. The van der Waals surface area contributed by atoms with E-state index in [9.17, 15) is 4.79 Å². The maximum atomic E-state index is 13.2. The summed E-state index contributed by atoms with van der Waals surface area (Å²) >= 11 is 0. The van der Waals surface area contributed by atoms with E-state index < -0.39 is 0 Å². The van der Waals surface area contributed by atoms with Gasteiger partial charge in [-0.1, -0.05) is 13.0 Å². The van der Waals surface area contributed by atoms with Crippen molar-refractivity contribution in [3.8, 4) is 0 Å². The van der Waals surface area contributed by atoms with E-state index in [1.165, 1.54) is 38.5 Å². The lowest BCUT2D eigenvalue weighted by atomic mass is 9.49. The van der Waals surface area contributed by atoms with E-state index in [1.54, 1.807) is 0 Å². The molecule has 0 atom stereocenters. The van der Waals surface area contributed by atoms with Gasteiger partial charge in [-0.3, -0.25) is 4.79 Å². The van der Waals surface area contributed by atoms with E-state index in [2.05, 4.69) is 28.9 Å². The van der Waals surface area contributed by atoms with Crippen molar-refractivity contribution >= 4 is 28.3 Å². The quantitative estimate of drug-likeness (QED) is 0.261. The second-order valence-electron chi connectivity index (χ2n) is 11.9. The first-order chi connectivity index (χ1) is 18.1. The van der Waals surface area contributed by atoms with E-state index in [0.717, 1.165) is 84.2 Å². The number of hydrogen-bond acceptors (Lipinski definition) is 5. The van der Waals surface area contributed by atoms with Crippen molar-refractivity contribution in [2.75, 3.05) is 23.7 Å². The number of amides is 1. The Kier molecular flexibility index (Phi) is 6.94. The number of aryl methyl sites for hydroxylation is 1. The van der Waals surface area contributed by atoms with Gasteiger partial charge in [-0.15, -0.1) is 0 Å². The number of aromatic nitrogens is 1. The van der Waals surface area contributed by atoms with Crippen LogP contribution in [0.25, 0.3) is 10.9 Å². The predicted molar refractivity (Wildman–Crippen MR) is 148 cm³/mol. The van der Waals surface area contributed by atoms with Crippen molar-refractivity contribution in [3.05, 3.63) is 54.0 Å². The van der Waals surface area contributed by atoms with Gasteiger partial charge in [-0.05, 0) is 111 Å². The normalized spacial score (nSPS) is 26.0. The molecule has 0 spiro atoms. The Morgan fingerprint density at radius 2 is 1.73 bits per heavy atom. The number of rotatable bonds is 11. The van der Waals surface area contributed by atoms with E-state index >= 15 is 0 Å². The third-order valence-corrected chi connectivity index (χ3v) is 8.91. The molecule has 37 heavy (non-hydrogen) atoms. The summed E-state index contributed by atoms with van der Waals surface area (Å²) in [5, 5.41) is 11.1. The van der Waals surface area contributed by atoms with Gasteiger partial charge in [-0.25, -0.2) is 4.98 Å². The van der Waals surface area contributed by atoms with E-state index in [0.29, 0.717) is 6.42 Å². The van der Waals surface area contributed by atoms with Crippen LogP contribution < -0.4 is 16.0 Å². The molecule has 4 saturated carbocycles. The topological polar surface area (TPSA) is 79.2 Å². The summed E-state index contributed by atoms with van der Waals surface area (Å²) < 4.78 is 5.73. The van der Waals surface area contributed by atoms with Gasteiger partial charge in [0.2, 0.25) is 5.91 Å². The standard InChI is InChI=1S/C31H40N4O2/c1-2-24-7-8-25(37-24)20-32-11-4-12-33-29-10-9-26-27(34-29)5-3-6-28(26)35-30(36)19-31-16-21-13-22(17-31)15-23(14-21)18-31/h3,5-10,21-23,32H,2,4,11-20H2,1H3,(H,33,34)(H,35,36). The zero-order valence-electron chi connectivity index (χ0n) is 22.0. The molecule has 2 aromatic heterocycles. The smallest absolute Gasteiger partial charge is 0.224 e. The molecular formula is C31H40N4O2. The molecular weight excluding hydrogens is 460 g/mol. The van der Waals surface area contributed by atoms with E-state index in [-0.39, 0.29) is 11.3 Å². The van der Waals surface area contributed by atoms with E-state index in [4.69, 9.17) is 9.40 Å². The van der Waals surface area contributed by atoms with Crippen molar-refractivity contribution in [2.45, 2.75) is 71.3 Å². The minimum Gasteiger partial charge on any atom is -0.465 e. The highest BCUT2D eigenvalue weighted by Gasteiger charge is 2.51. The first-order valence-corrected chi connectivity index (χ1v) is 14.3. The molecule has 3 aromatic rings. The molecule has 7 rings (SSSR count). The van der Waals surface area contributed by atoms with Crippen LogP contribution in [0.2, 0.25) is 0 Å². The van der Waals surface area contributed by atoms with Crippen LogP contribution in [-0.4, -0.2) is 24.0 Å². The first kappa shape index (κ1) is 24.5. The van der Waals surface area contributed by atoms with E-state index in [1.807, 2.05) is 36.4 Å². The first-order valence-electron chi connectivity index (χ1n) is 14.3. The molecule has 0 saturated heterocycles. The minimum absolute atomic E-state index is 0.171. The number of carbonyl (C=O) groups excluding carboxylic acids is 1. The molecule has 6 nitrogen and oxygen atoms in total. The highest BCUT2D eigenvalue weighted by molar-refractivity contribution is 6.01. The third kappa shape index (κ3) is 5.54. The van der Waals surface area contributed by atoms with Gasteiger partial charge < -0.3 is 20.4 Å². The number of carbonyl (C=O) groups is 1. The van der Waals surface area contributed by atoms with Gasteiger partial charge in [0.15, 0.2) is 0 Å². The summed E-state index contributed by atoms with van der Waals surface area (Å²) in [6.45, 7) is 4.60. The Balaban J connectivity index is 1.00. The molecule has 6 heteroatoms. The molecule has 1 amide bonds. The Bertz CT molecular complexity index is 1210. The zero-order chi connectivity index (χ0) is 25.2. The fourth-order valence-corrected chi connectivity index (χ4v) is 7.75. The molecule has 196 valence electrons. The number of pyridine rings is 1. The van der Waals surface area contributed by atoms with Gasteiger partial charge in [0.05, 0.1) is 17.7 Å². The van der Waals surface area contributed by atoms with Crippen LogP contribution in [0.1, 0.15) is 69.8 Å². The Morgan fingerprint density at radius 1 is 0.973 bits per heavy atom. The molecule has 4 fully saturated rings. The molecule has 4 aliphatic carbocycles. The van der Waals surface area contributed by atoms with Crippen LogP contribution in [0.5, 0.6) is 0 Å². The summed E-state index contributed by atoms with van der Waals surface area (Å²) in [5.41, 5.74) is 2.03. The lowest BCUT2D eigenvalue weighted by Crippen LogP contribution is -2.47. The van der Waals surface area contributed by atoms with Crippen molar-refractivity contribution in [1.82, 2.24) is 10.3 Å². The van der Waals surface area contributed by atoms with Gasteiger partial charge in [0.1, 0.15) is 17.3 Å². The van der Waals surface area contributed by atoms with Crippen molar-refractivity contribution in [2.24, 2.45) is 23.2 Å². The van der Waals surface area contributed by atoms with Crippen molar-refractivity contribution < 1.29 is 9.21 Å². The second-order valence-corrected chi connectivity index (χ2v) is 11.9. The van der Waals surface area contributed by atoms with Crippen LogP contribution >= 0.6 is 0 Å². The van der Waals surface area contributed by atoms with Gasteiger partial charge in [0.25, 0.3) is 0 Å². The maximum Gasteiger partial charge on any atom is 0.224 e. The second kappa shape index (κ2) is 10.5. The zero-order valence-corrected chi connectivity index (χ0v) is 22.0. The number of furan rings is 1. The van der Waals surface area contributed by atoms with Crippen LogP contribution in [0.4, 0.5) is 11.5 Å². The molecule has 0 radical (unpaired) electrons. The Labute approximate surface area is 220 Å². The number of benzene rings is 1. The summed E-state index contributed by atoms with van der Waals surface area (Å²) in [6.07, 6.45) is 10.6. The van der Waals surface area contributed by atoms with Gasteiger partial charge >= 0.3 is 0 Å². The fourth-order valence-electron chi connectivity index (χ4n) is 7.75. The summed E-state index contributed by atoms with van der Waals surface area (Å²) in [6, 6.07) is 14.2. The summed E-state index contributed by atoms with van der Waals surface area (Å²) in [7, 11) is 0. The molecule has 4 bridgehead atoms. The SMILES string of the molecule is CCc1ccc(CNCCCNc2ccc3c(NC(=O)CC45CC6CC(CC(C6)C4)C5)cccc3n2)o1. The predicted octanol–water partition coefficient (Wildman–Crippen LogP) is 6.53. The lowest BCUT2D eigenvalue weighted by Gasteiger charge is -2.56. The molecule has 0 unspecified atom stereocenters. The number of nitrogens with zero attached hydrogens (tertiary/aromatic N) is 1. The Hall–Kier alpha value is -2.86. The maximum absolute atomic E-state index is 13.2. The van der Waals surface area contributed by atoms with Gasteiger partial charge in [0, 0.05) is 24.8 Å². The average molecular weight is 501 g/mol. The Morgan fingerprint density at radius 3 is 2.46 bits per heavy atom. The number of anilines is 2. The highest BCUT2D eigenvalue weighted by Crippen LogP contribution is 2.61. The number of nitrogens with one attached hydrogen (secondary N) is 3. The molecule has 0 aliphatic heterocycles. The number of fused-ring (bicyclic) bond motifs is 1. The molecule has 4 aliphatic rings. The summed E-state index contributed by atoms with van der Waals surface area (Å²) in [4.78, 5) is 18.0. The molecule has 1 aromatic carbocycles. The summed E-state index contributed by atoms with van der Waals surface area (Å²) in [5.74, 6) is 5.66. The lowest BCUT2D eigenvalue weighted by molar-refractivity contribution is -0.124. The highest BCUT2D eigenvalue weighted by atomic mass is 16.3. The van der Waals surface area contributed by atoms with Gasteiger partial charge in [-0.2, -0.15) is 0 Å². The monoisotopic (exact) mass is 500 g/mol. The minimum atomic E-state index is 0.171. The fraction of sp³-hybridized carbons (Fsp3) is 0.548.